The highest BCUT2D eigenvalue weighted by Gasteiger charge is 2.19. The van der Waals surface area contributed by atoms with E-state index >= 15 is 0 Å². The lowest BCUT2D eigenvalue weighted by atomic mass is 10.1. The van der Waals surface area contributed by atoms with Crippen molar-refractivity contribution < 1.29 is 14.1 Å². The van der Waals surface area contributed by atoms with E-state index in [4.69, 9.17) is 10.2 Å². The highest BCUT2D eigenvalue weighted by molar-refractivity contribution is 5.94. The smallest absolute Gasteiger partial charge is 0.293 e. The second-order valence-electron chi connectivity index (χ2n) is 4.67. The zero-order valence-electron chi connectivity index (χ0n) is 11.6. The van der Waals surface area contributed by atoms with Gasteiger partial charge in [0, 0.05) is 11.6 Å². The molecule has 2 rings (SSSR count). The minimum atomic E-state index is -0.709. The van der Waals surface area contributed by atoms with Crippen molar-refractivity contribution in [3.63, 3.8) is 0 Å². The number of rotatable bonds is 5. The molecule has 3 N–H and O–H groups in total. The molecule has 1 unspecified atom stereocenters. The van der Waals surface area contributed by atoms with Gasteiger partial charge in [0.05, 0.1) is 11.0 Å². The molecule has 0 aliphatic carbocycles. The van der Waals surface area contributed by atoms with Gasteiger partial charge in [-0.1, -0.05) is 0 Å². The molecule has 110 valence electrons. The third kappa shape index (κ3) is 3.19. The molecule has 0 spiro atoms. The fourth-order valence-electron chi connectivity index (χ4n) is 1.95. The highest BCUT2D eigenvalue weighted by Crippen LogP contribution is 2.29. The van der Waals surface area contributed by atoms with E-state index in [-0.39, 0.29) is 17.3 Å². The van der Waals surface area contributed by atoms with Crippen LogP contribution >= 0.6 is 0 Å². The van der Waals surface area contributed by atoms with E-state index < -0.39 is 10.8 Å². The summed E-state index contributed by atoms with van der Waals surface area (Å²) >= 11 is 0. The molecular formula is C14H15N3O4. The summed E-state index contributed by atoms with van der Waals surface area (Å²) in [4.78, 5) is 21.6. The van der Waals surface area contributed by atoms with Crippen LogP contribution in [0.5, 0.6) is 0 Å². The van der Waals surface area contributed by atoms with Crippen LogP contribution in [0.4, 0.5) is 11.4 Å². The molecule has 1 aromatic heterocycles. The lowest BCUT2D eigenvalue weighted by Gasteiger charge is -2.13. The summed E-state index contributed by atoms with van der Waals surface area (Å²) in [6.07, 6.45) is 0. The molecule has 7 heteroatoms. The molecule has 0 saturated carbocycles. The van der Waals surface area contributed by atoms with Gasteiger partial charge in [-0.15, -0.1) is 0 Å². The Bertz CT molecular complexity index is 693. The Morgan fingerprint density at radius 3 is 2.62 bits per heavy atom. The van der Waals surface area contributed by atoms with Gasteiger partial charge in [0.15, 0.2) is 0 Å². The molecule has 0 aliphatic rings. The van der Waals surface area contributed by atoms with E-state index in [1.807, 2.05) is 19.9 Å². The number of nitrogens with zero attached hydrogens (tertiary/aromatic N) is 1. The summed E-state index contributed by atoms with van der Waals surface area (Å²) < 4.78 is 5.47. The largest absolute Gasteiger partial charge is 0.464 e. The van der Waals surface area contributed by atoms with Gasteiger partial charge < -0.3 is 15.5 Å². The van der Waals surface area contributed by atoms with Crippen molar-refractivity contribution in [1.29, 1.82) is 0 Å². The number of carbonyl (C=O) groups excluding carboxylic acids is 1. The maximum absolute atomic E-state index is 11.1. The van der Waals surface area contributed by atoms with Crippen molar-refractivity contribution in [3.8, 4) is 0 Å². The summed E-state index contributed by atoms with van der Waals surface area (Å²) in [6, 6.07) is 7.43. The topological polar surface area (TPSA) is 111 Å². The summed E-state index contributed by atoms with van der Waals surface area (Å²) in [5, 5.41) is 14.1. The van der Waals surface area contributed by atoms with E-state index in [2.05, 4.69) is 5.32 Å². The SMILES string of the molecule is Cc1ccc(C(C)Nc2ccc(C(N)=O)cc2[N+](=O)[O-])o1. The molecule has 1 atom stereocenters. The normalized spacial score (nSPS) is 11.9. The van der Waals surface area contributed by atoms with Gasteiger partial charge in [0.2, 0.25) is 5.91 Å². The van der Waals surface area contributed by atoms with Crippen LogP contribution in [0, 0.1) is 17.0 Å². The lowest BCUT2D eigenvalue weighted by Crippen LogP contribution is -2.12. The van der Waals surface area contributed by atoms with E-state index in [0.717, 1.165) is 11.8 Å². The first kappa shape index (κ1) is 14.6. The Hall–Kier alpha value is -2.83. The number of aryl methyl sites for hydroxylation is 1. The number of furan rings is 1. The number of anilines is 1. The number of amides is 1. The van der Waals surface area contributed by atoms with Gasteiger partial charge in [0.25, 0.3) is 5.69 Å². The lowest BCUT2D eigenvalue weighted by molar-refractivity contribution is -0.384. The Balaban J connectivity index is 2.31. The third-order valence-corrected chi connectivity index (χ3v) is 3.04. The average molecular weight is 289 g/mol. The minimum Gasteiger partial charge on any atom is -0.464 e. The molecule has 0 saturated heterocycles. The van der Waals surface area contributed by atoms with Crippen molar-refractivity contribution in [3.05, 3.63) is 57.5 Å². The number of hydrogen-bond donors (Lipinski definition) is 2. The summed E-state index contributed by atoms with van der Waals surface area (Å²) in [5.74, 6) is 0.720. The van der Waals surface area contributed by atoms with Crippen LogP contribution < -0.4 is 11.1 Å². The number of primary amides is 1. The molecule has 1 amide bonds. The quantitative estimate of drug-likeness (QED) is 0.649. The number of nitro benzene ring substituents is 1. The third-order valence-electron chi connectivity index (χ3n) is 3.04. The van der Waals surface area contributed by atoms with E-state index in [1.54, 1.807) is 6.07 Å². The van der Waals surface area contributed by atoms with Crippen LogP contribution in [0.1, 0.15) is 34.8 Å². The molecule has 7 nitrogen and oxygen atoms in total. The Morgan fingerprint density at radius 2 is 2.10 bits per heavy atom. The average Bonchev–Trinajstić information content (AvgIpc) is 2.85. The van der Waals surface area contributed by atoms with Gasteiger partial charge in [0.1, 0.15) is 17.2 Å². The van der Waals surface area contributed by atoms with Crippen LogP contribution in [-0.2, 0) is 0 Å². The minimum absolute atomic E-state index is 0.0914. The fourth-order valence-corrected chi connectivity index (χ4v) is 1.95. The Kier molecular flexibility index (Phi) is 3.93. The van der Waals surface area contributed by atoms with Crippen LogP contribution in [0.25, 0.3) is 0 Å². The van der Waals surface area contributed by atoms with E-state index in [9.17, 15) is 14.9 Å². The van der Waals surface area contributed by atoms with Crippen molar-refractivity contribution in [1.82, 2.24) is 0 Å². The Morgan fingerprint density at radius 1 is 1.38 bits per heavy atom. The molecule has 0 aliphatic heterocycles. The van der Waals surface area contributed by atoms with Crippen LogP contribution in [-0.4, -0.2) is 10.8 Å². The number of carbonyl (C=O) groups is 1. The zero-order valence-corrected chi connectivity index (χ0v) is 11.6. The fraction of sp³-hybridized carbons (Fsp3) is 0.214. The number of nitrogens with one attached hydrogen (secondary N) is 1. The van der Waals surface area contributed by atoms with Crippen LogP contribution in [0.15, 0.2) is 34.7 Å². The van der Waals surface area contributed by atoms with Gasteiger partial charge in [-0.05, 0) is 38.1 Å². The van der Waals surface area contributed by atoms with Crippen molar-refractivity contribution in [2.45, 2.75) is 19.9 Å². The second kappa shape index (κ2) is 5.66. The first-order chi connectivity index (χ1) is 9.88. The molecule has 0 bridgehead atoms. The predicted molar refractivity (Wildman–Crippen MR) is 77.1 cm³/mol. The van der Waals surface area contributed by atoms with E-state index in [1.165, 1.54) is 12.1 Å². The summed E-state index contributed by atoms with van der Waals surface area (Å²) in [5.41, 5.74) is 5.31. The number of benzene rings is 1. The molecule has 1 heterocycles. The van der Waals surface area contributed by atoms with Gasteiger partial charge >= 0.3 is 0 Å². The standard InChI is InChI=1S/C14H15N3O4/c1-8-3-6-13(21-8)9(2)16-11-5-4-10(14(15)18)7-12(11)17(19)20/h3-7,9,16H,1-2H3,(H2,15,18). The number of hydrogen-bond acceptors (Lipinski definition) is 5. The zero-order chi connectivity index (χ0) is 15.6. The number of nitro groups is 1. The molecule has 0 fully saturated rings. The summed E-state index contributed by atoms with van der Waals surface area (Å²) in [6.45, 7) is 3.64. The number of nitrogens with two attached hydrogens (primary N) is 1. The second-order valence-corrected chi connectivity index (χ2v) is 4.67. The van der Waals surface area contributed by atoms with E-state index in [0.29, 0.717) is 11.4 Å². The van der Waals surface area contributed by atoms with Gasteiger partial charge in [-0.25, -0.2) is 0 Å². The Labute approximate surface area is 120 Å². The van der Waals surface area contributed by atoms with Crippen molar-refractivity contribution >= 4 is 17.3 Å². The molecular weight excluding hydrogens is 274 g/mol. The first-order valence-electron chi connectivity index (χ1n) is 6.29. The van der Waals surface area contributed by atoms with Gasteiger partial charge in [-0.2, -0.15) is 0 Å². The van der Waals surface area contributed by atoms with Crippen LogP contribution in [0.2, 0.25) is 0 Å². The molecule has 0 radical (unpaired) electrons. The monoisotopic (exact) mass is 289 g/mol. The maximum Gasteiger partial charge on any atom is 0.293 e. The molecule has 2 aromatic rings. The molecule has 21 heavy (non-hydrogen) atoms. The van der Waals surface area contributed by atoms with Crippen molar-refractivity contribution in [2.24, 2.45) is 5.73 Å². The van der Waals surface area contributed by atoms with Crippen LogP contribution in [0.3, 0.4) is 0 Å². The molecule has 1 aromatic carbocycles. The predicted octanol–water partition coefficient (Wildman–Crippen LogP) is 2.77. The maximum atomic E-state index is 11.1. The highest BCUT2D eigenvalue weighted by atomic mass is 16.6. The first-order valence-corrected chi connectivity index (χ1v) is 6.29. The summed E-state index contributed by atoms with van der Waals surface area (Å²) in [7, 11) is 0. The van der Waals surface area contributed by atoms with Gasteiger partial charge in [-0.3, -0.25) is 14.9 Å². The van der Waals surface area contributed by atoms with Crippen molar-refractivity contribution in [2.75, 3.05) is 5.32 Å².